The molecule has 0 spiro atoms. The van der Waals surface area contributed by atoms with Crippen molar-refractivity contribution in [1.82, 2.24) is 0 Å². The van der Waals surface area contributed by atoms with E-state index in [1.54, 1.807) is 0 Å². The van der Waals surface area contributed by atoms with E-state index >= 15 is 0 Å². The molecule has 20 heavy (non-hydrogen) atoms. The van der Waals surface area contributed by atoms with Gasteiger partial charge in [0, 0.05) is 0 Å². The highest BCUT2D eigenvalue weighted by Crippen LogP contribution is 2.38. The summed E-state index contributed by atoms with van der Waals surface area (Å²) in [5.74, 6) is -0.0774. The van der Waals surface area contributed by atoms with Gasteiger partial charge in [0.2, 0.25) is 0 Å². The van der Waals surface area contributed by atoms with Crippen LogP contribution < -0.4 is 4.74 Å². The second-order valence-corrected chi connectivity index (χ2v) is 4.37. The zero-order chi connectivity index (χ0) is 15.4. The molecule has 0 bridgehead atoms. The summed E-state index contributed by atoms with van der Waals surface area (Å²) in [5.41, 5.74) is -1.97. The molecule has 1 aromatic rings. The summed E-state index contributed by atoms with van der Waals surface area (Å²) in [6.07, 6.45) is -4.07. The number of halogens is 5. The monoisotopic (exact) mass is 310 g/mol. The average Bonchev–Trinajstić information content (AvgIpc) is 2.47. The van der Waals surface area contributed by atoms with Crippen LogP contribution in [0.3, 0.4) is 0 Å². The summed E-state index contributed by atoms with van der Waals surface area (Å²) in [6.45, 7) is -2.11. The second kappa shape index (κ2) is 6.69. The Balaban J connectivity index is 0.000000956. The minimum absolute atomic E-state index is 0.0774. The van der Waals surface area contributed by atoms with Gasteiger partial charge in [0.05, 0.1) is 5.56 Å². The van der Waals surface area contributed by atoms with Crippen LogP contribution in [0.1, 0.15) is 17.5 Å². The molecule has 0 amide bonds. The Morgan fingerprint density at radius 2 is 1.80 bits per heavy atom. The van der Waals surface area contributed by atoms with Gasteiger partial charge in [-0.15, -0.1) is 0 Å². The lowest BCUT2D eigenvalue weighted by Crippen LogP contribution is -2.44. The van der Waals surface area contributed by atoms with Crippen LogP contribution in [0.4, 0.5) is 22.0 Å². The summed E-state index contributed by atoms with van der Waals surface area (Å²) >= 11 is 3.03. The maximum absolute atomic E-state index is 12.8. The van der Waals surface area contributed by atoms with Crippen molar-refractivity contribution in [3.8, 4) is 5.75 Å². The lowest BCUT2D eigenvalue weighted by molar-refractivity contribution is -0.137. The van der Waals surface area contributed by atoms with E-state index < -0.39 is 30.7 Å². The number of alkyl halides is 5. The SMILES string of the molecule is FCC1(CF)CCc2ccc(C(F)(F)F)cc2O1.[B]S. The van der Waals surface area contributed by atoms with Crippen LogP contribution in [-0.4, -0.2) is 26.1 Å². The van der Waals surface area contributed by atoms with E-state index in [1.165, 1.54) is 6.07 Å². The molecule has 8 heteroatoms. The molecule has 2 radical (unpaired) electrons. The molecule has 1 aliphatic heterocycles. The van der Waals surface area contributed by atoms with E-state index in [2.05, 4.69) is 19.6 Å². The number of rotatable bonds is 2. The van der Waals surface area contributed by atoms with Gasteiger partial charge in [-0.3, -0.25) is 0 Å². The molecule has 0 aliphatic carbocycles. The van der Waals surface area contributed by atoms with Gasteiger partial charge in [-0.2, -0.15) is 13.2 Å². The molecule has 0 saturated heterocycles. The van der Waals surface area contributed by atoms with Crippen molar-refractivity contribution in [1.29, 1.82) is 0 Å². The number of ether oxygens (including phenoxy) is 1. The maximum atomic E-state index is 12.8. The Hall–Kier alpha value is -0.915. The van der Waals surface area contributed by atoms with Gasteiger partial charge in [-0.25, -0.2) is 21.3 Å². The molecular formula is C12H12BF5OS. The molecule has 1 aromatic carbocycles. The molecule has 1 nitrogen and oxygen atoms in total. The van der Waals surface area contributed by atoms with Crippen molar-refractivity contribution in [3.05, 3.63) is 29.3 Å². The van der Waals surface area contributed by atoms with Gasteiger partial charge in [0.15, 0.2) is 12.7 Å². The number of fused-ring (bicyclic) bond motifs is 1. The smallest absolute Gasteiger partial charge is 0.416 e. The minimum atomic E-state index is -4.50. The Kier molecular flexibility index (Phi) is 5.73. The largest absolute Gasteiger partial charge is 0.481 e. The number of hydrogen-bond donors (Lipinski definition) is 1. The molecule has 110 valence electrons. The zero-order valence-corrected chi connectivity index (χ0v) is 11.3. The third kappa shape index (κ3) is 3.59. The first-order valence-electron chi connectivity index (χ1n) is 5.67. The van der Waals surface area contributed by atoms with Crippen molar-refractivity contribution < 1.29 is 26.7 Å². The third-order valence-electron chi connectivity index (χ3n) is 3.06. The lowest BCUT2D eigenvalue weighted by Gasteiger charge is -2.34. The highest BCUT2D eigenvalue weighted by atomic mass is 32.1. The van der Waals surface area contributed by atoms with Gasteiger partial charge in [0.1, 0.15) is 19.1 Å². The summed E-state index contributed by atoms with van der Waals surface area (Å²) in [5, 5.41) is 0. The highest BCUT2D eigenvalue weighted by molar-refractivity contribution is 8.03. The number of aryl methyl sites for hydroxylation is 1. The topological polar surface area (TPSA) is 9.23 Å². The number of hydrogen-bond acceptors (Lipinski definition) is 2. The number of benzene rings is 1. The predicted octanol–water partition coefficient (Wildman–Crippen LogP) is 3.71. The average molecular weight is 310 g/mol. The summed E-state index contributed by atoms with van der Waals surface area (Å²) in [7, 11) is 4.19. The van der Waals surface area contributed by atoms with Crippen LogP contribution in [0.15, 0.2) is 18.2 Å². The van der Waals surface area contributed by atoms with E-state index in [0.29, 0.717) is 12.0 Å². The predicted molar refractivity (Wildman–Crippen MR) is 69.8 cm³/mol. The minimum Gasteiger partial charge on any atom is -0.481 e. The Morgan fingerprint density at radius 3 is 2.30 bits per heavy atom. The van der Waals surface area contributed by atoms with Crippen LogP contribution >= 0.6 is 12.5 Å². The Labute approximate surface area is 120 Å². The van der Waals surface area contributed by atoms with E-state index in [-0.39, 0.29) is 12.2 Å². The third-order valence-corrected chi connectivity index (χ3v) is 3.06. The molecule has 0 N–H and O–H groups in total. The lowest BCUT2D eigenvalue weighted by atomic mass is 9.92. The quantitative estimate of drug-likeness (QED) is 0.498. The maximum Gasteiger partial charge on any atom is 0.416 e. The fourth-order valence-electron chi connectivity index (χ4n) is 1.90. The Morgan fingerprint density at radius 1 is 1.20 bits per heavy atom. The van der Waals surface area contributed by atoms with Crippen LogP contribution in [0, 0.1) is 0 Å². The molecule has 0 saturated carbocycles. The van der Waals surface area contributed by atoms with Crippen molar-refractivity contribution >= 4 is 19.6 Å². The van der Waals surface area contributed by atoms with Crippen LogP contribution in [0.5, 0.6) is 5.75 Å². The first kappa shape index (κ1) is 17.1. The van der Waals surface area contributed by atoms with Crippen molar-refractivity contribution in [2.45, 2.75) is 24.6 Å². The second-order valence-electron chi connectivity index (χ2n) is 4.37. The molecular weight excluding hydrogens is 298 g/mol. The molecule has 0 atom stereocenters. The van der Waals surface area contributed by atoms with Gasteiger partial charge in [0.25, 0.3) is 0 Å². The van der Waals surface area contributed by atoms with E-state index in [0.717, 1.165) is 12.1 Å². The summed E-state index contributed by atoms with van der Waals surface area (Å²) in [6, 6.07) is 3.03. The summed E-state index contributed by atoms with van der Waals surface area (Å²) in [4.78, 5) is 0. The van der Waals surface area contributed by atoms with Gasteiger partial charge >= 0.3 is 6.18 Å². The number of thiol groups is 1. The first-order chi connectivity index (χ1) is 9.40. The van der Waals surface area contributed by atoms with Crippen molar-refractivity contribution in [2.75, 3.05) is 13.3 Å². The molecule has 1 aliphatic rings. The normalized spacial score (nSPS) is 16.5. The standard InChI is InChI=1S/C12H11F5O.BHS/c13-6-11(7-14)4-3-8-1-2-9(12(15,16)17)5-10(8)18-11;1-2/h1-2,5H,3-4,6-7H2;2H. The van der Waals surface area contributed by atoms with Gasteiger partial charge in [-0.05, 0) is 30.5 Å². The van der Waals surface area contributed by atoms with Gasteiger partial charge < -0.3 is 4.74 Å². The fraction of sp³-hybridized carbons (Fsp3) is 0.500. The highest BCUT2D eigenvalue weighted by Gasteiger charge is 2.38. The molecule has 0 fully saturated rings. The van der Waals surface area contributed by atoms with Crippen LogP contribution in [-0.2, 0) is 12.6 Å². The van der Waals surface area contributed by atoms with Crippen LogP contribution in [0.25, 0.3) is 0 Å². The first-order valence-corrected chi connectivity index (χ1v) is 6.19. The van der Waals surface area contributed by atoms with E-state index in [1.807, 2.05) is 0 Å². The molecule has 2 rings (SSSR count). The summed E-state index contributed by atoms with van der Waals surface area (Å²) < 4.78 is 68.2. The molecule has 0 aromatic heterocycles. The van der Waals surface area contributed by atoms with E-state index in [9.17, 15) is 22.0 Å². The van der Waals surface area contributed by atoms with Gasteiger partial charge in [-0.1, -0.05) is 6.07 Å². The zero-order valence-electron chi connectivity index (χ0n) is 10.4. The van der Waals surface area contributed by atoms with Crippen molar-refractivity contribution in [3.63, 3.8) is 0 Å². The molecule has 1 heterocycles. The van der Waals surface area contributed by atoms with Crippen molar-refractivity contribution in [2.24, 2.45) is 0 Å². The van der Waals surface area contributed by atoms with Crippen LogP contribution in [0.2, 0.25) is 0 Å². The fourth-order valence-corrected chi connectivity index (χ4v) is 1.90. The van der Waals surface area contributed by atoms with E-state index in [4.69, 9.17) is 4.74 Å². The Bertz CT molecular complexity index is 448. The molecule has 0 unspecified atom stereocenters.